The number of carbonyl (C=O) groups excluding carboxylic acids is 2. The number of sulfonamides is 1. The molecule has 8 nitrogen and oxygen atoms in total. The maximum Gasteiger partial charge on any atom is 0.247 e. The third-order valence-corrected chi connectivity index (χ3v) is 8.31. The zero-order chi connectivity index (χ0) is 28.4. The largest absolute Gasteiger partial charge is 0.385 e. The van der Waals surface area contributed by atoms with Crippen LogP contribution in [-0.4, -0.2) is 51.4 Å². The molecule has 0 unspecified atom stereocenters. The van der Waals surface area contributed by atoms with Crippen molar-refractivity contribution in [1.29, 1.82) is 0 Å². The molecule has 0 aromatic heterocycles. The molecule has 9 heteroatoms. The number of amides is 2. The first-order chi connectivity index (χ1) is 19.4. The standard InChI is InChI=1S/C31H37N3O5S/c1-39-22-8-21-32-31(36)30(26-11-6-3-7-12-26)34(23-25-9-4-2-5-10-25)29(35)20-15-24-13-18-28(19-14-24)40(37,38)33-27-16-17-27/h2-7,9-14,18-19,27,30,33H,8,15-17,20-23H2,1H3,(H,32,36)/t30-/m0/s1. The van der Waals surface area contributed by atoms with E-state index in [2.05, 4.69) is 10.0 Å². The Bertz CT molecular complexity index is 1340. The highest BCUT2D eigenvalue weighted by molar-refractivity contribution is 7.89. The summed E-state index contributed by atoms with van der Waals surface area (Å²) in [7, 11) is -1.92. The van der Waals surface area contributed by atoms with Crippen molar-refractivity contribution in [2.45, 2.75) is 55.6 Å². The lowest BCUT2D eigenvalue weighted by Crippen LogP contribution is -2.43. The van der Waals surface area contributed by atoms with E-state index in [4.69, 9.17) is 4.74 Å². The van der Waals surface area contributed by atoms with Crippen molar-refractivity contribution in [2.75, 3.05) is 20.3 Å². The topological polar surface area (TPSA) is 105 Å². The van der Waals surface area contributed by atoms with E-state index in [1.165, 1.54) is 0 Å². The monoisotopic (exact) mass is 563 g/mol. The molecule has 2 amide bonds. The Kier molecular flexibility index (Phi) is 10.5. The van der Waals surface area contributed by atoms with Gasteiger partial charge in [-0.15, -0.1) is 0 Å². The number of nitrogens with one attached hydrogen (secondary N) is 2. The van der Waals surface area contributed by atoms with Crippen LogP contribution in [-0.2, 0) is 37.3 Å². The molecular weight excluding hydrogens is 526 g/mol. The average Bonchev–Trinajstić information content (AvgIpc) is 3.78. The van der Waals surface area contributed by atoms with Gasteiger partial charge in [-0.3, -0.25) is 9.59 Å². The predicted octanol–water partition coefficient (Wildman–Crippen LogP) is 3.98. The van der Waals surface area contributed by atoms with Crippen LogP contribution in [0.4, 0.5) is 0 Å². The zero-order valence-electron chi connectivity index (χ0n) is 22.8. The summed E-state index contributed by atoms with van der Waals surface area (Å²) in [6, 6.07) is 24.8. The fraction of sp³-hybridized carbons (Fsp3) is 0.355. The summed E-state index contributed by atoms with van der Waals surface area (Å²) in [5.41, 5.74) is 2.49. The van der Waals surface area contributed by atoms with Crippen LogP contribution in [0.1, 0.15) is 48.4 Å². The fourth-order valence-corrected chi connectivity index (χ4v) is 5.76. The van der Waals surface area contributed by atoms with Crippen molar-refractivity contribution >= 4 is 21.8 Å². The molecule has 1 fully saturated rings. The maximum absolute atomic E-state index is 13.8. The first-order valence-electron chi connectivity index (χ1n) is 13.6. The lowest BCUT2D eigenvalue weighted by molar-refractivity contribution is -0.141. The van der Waals surface area contributed by atoms with Crippen molar-refractivity contribution in [3.63, 3.8) is 0 Å². The molecule has 0 aliphatic heterocycles. The van der Waals surface area contributed by atoms with Crippen molar-refractivity contribution in [3.8, 4) is 0 Å². The molecule has 0 heterocycles. The summed E-state index contributed by atoms with van der Waals surface area (Å²) in [4.78, 5) is 29.2. The first kappa shape index (κ1) is 29.5. The van der Waals surface area contributed by atoms with Crippen LogP contribution in [0, 0.1) is 0 Å². The van der Waals surface area contributed by atoms with E-state index in [-0.39, 0.29) is 35.7 Å². The van der Waals surface area contributed by atoms with Crippen LogP contribution in [0.2, 0.25) is 0 Å². The molecule has 1 atom stereocenters. The maximum atomic E-state index is 13.8. The predicted molar refractivity (Wildman–Crippen MR) is 154 cm³/mol. The summed E-state index contributed by atoms with van der Waals surface area (Å²) in [6.45, 7) is 1.24. The van der Waals surface area contributed by atoms with Crippen molar-refractivity contribution in [3.05, 3.63) is 102 Å². The second kappa shape index (κ2) is 14.2. The SMILES string of the molecule is COCCCNC(=O)[C@H](c1ccccc1)N(Cc1ccccc1)C(=O)CCc1ccc(S(=O)(=O)NC2CC2)cc1. The van der Waals surface area contributed by atoms with E-state index >= 15 is 0 Å². The van der Waals surface area contributed by atoms with Gasteiger partial charge in [-0.1, -0.05) is 72.8 Å². The highest BCUT2D eigenvalue weighted by Crippen LogP contribution is 2.26. The van der Waals surface area contributed by atoms with Crippen molar-refractivity contribution in [1.82, 2.24) is 14.9 Å². The minimum Gasteiger partial charge on any atom is -0.385 e. The quantitative estimate of drug-likeness (QED) is 0.272. The molecule has 1 aliphatic rings. The molecule has 4 rings (SSSR count). The summed E-state index contributed by atoms with van der Waals surface area (Å²) >= 11 is 0. The van der Waals surface area contributed by atoms with Gasteiger partial charge < -0.3 is 15.0 Å². The number of benzene rings is 3. The highest BCUT2D eigenvalue weighted by atomic mass is 32.2. The summed E-state index contributed by atoms with van der Waals surface area (Å²) in [6.07, 6.45) is 2.98. The highest BCUT2D eigenvalue weighted by Gasteiger charge is 2.31. The van der Waals surface area contributed by atoms with Crippen LogP contribution in [0.3, 0.4) is 0 Å². The third-order valence-electron chi connectivity index (χ3n) is 6.78. The lowest BCUT2D eigenvalue weighted by atomic mass is 10.0. The summed E-state index contributed by atoms with van der Waals surface area (Å²) < 4.78 is 32.8. The molecule has 0 bridgehead atoms. The number of hydrogen-bond donors (Lipinski definition) is 2. The van der Waals surface area contributed by atoms with Crippen LogP contribution >= 0.6 is 0 Å². The Hall–Kier alpha value is -3.53. The van der Waals surface area contributed by atoms with Gasteiger partial charge in [0.1, 0.15) is 6.04 Å². The van der Waals surface area contributed by atoms with E-state index in [0.717, 1.165) is 29.5 Å². The lowest BCUT2D eigenvalue weighted by Gasteiger charge is -2.32. The Morgan fingerprint density at radius 3 is 2.20 bits per heavy atom. The number of nitrogens with zero attached hydrogens (tertiary/aromatic N) is 1. The van der Waals surface area contributed by atoms with E-state index in [1.807, 2.05) is 60.7 Å². The van der Waals surface area contributed by atoms with E-state index < -0.39 is 16.1 Å². The number of ether oxygens (including phenoxy) is 1. The number of carbonyl (C=O) groups is 2. The molecule has 0 radical (unpaired) electrons. The van der Waals surface area contributed by atoms with Crippen LogP contribution in [0.5, 0.6) is 0 Å². The molecule has 0 spiro atoms. The number of methoxy groups -OCH3 is 1. The fourth-order valence-electron chi connectivity index (χ4n) is 4.46. The molecule has 212 valence electrons. The third kappa shape index (κ3) is 8.48. The van der Waals surface area contributed by atoms with Gasteiger partial charge in [-0.05, 0) is 54.5 Å². The molecular formula is C31H37N3O5S. The van der Waals surface area contributed by atoms with Crippen LogP contribution in [0.25, 0.3) is 0 Å². The Morgan fingerprint density at radius 2 is 1.57 bits per heavy atom. The van der Waals surface area contributed by atoms with E-state index in [9.17, 15) is 18.0 Å². The molecule has 3 aromatic carbocycles. The average molecular weight is 564 g/mol. The molecule has 1 saturated carbocycles. The van der Waals surface area contributed by atoms with E-state index in [0.29, 0.717) is 26.0 Å². The van der Waals surface area contributed by atoms with Gasteiger partial charge in [0.05, 0.1) is 4.90 Å². The van der Waals surface area contributed by atoms with Gasteiger partial charge in [0, 0.05) is 39.3 Å². The van der Waals surface area contributed by atoms with Crippen LogP contribution in [0.15, 0.2) is 89.8 Å². The minimum atomic E-state index is -3.53. The first-order valence-corrected chi connectivity index (χ1v) is 15.1. The van der Waals surface area contributed by atoms with Gasteiger partial charge in [0.2, 0.25) is 21.8 Å². The number of aryl methyl sites for hydroxylation is 1. The minimum absolute atomic E-state index is 0.0348. The Morgan fingerprint density at radius 1 is 0.925 bits per heavy atom. The van der Waals surface area contributed by atoms with Crippen molar-refractivity contribution < 1.29 is 22.7 Å². The molecule has 0 saturated heterocycles. The summed E-state index contributed by atoms with van der Waals surface area (Å²) in [5.74, 6) is -0.416. The van der Waals surface area contributed by atoms with Gasteiger partial charge in [0.25, 0.3) is 0 Å². The van der Waals surface area contributed by atoms with Gasteiger partial charge in [0.15, 0.2) is 0 Å². The Balaban J connectivity index is 1.52. The van der Waals surface area contributed by atoms with Gasteiger partial charge in [-0.2, -0.15) is 0 Å². The normalized spacial score (nSPS) is 13.9. The molecule has 40 heavy (non-hydrogen) atoms. The molecule has 2 N–H and O–H groups in total. The number of rotatable bonds is 15. The zero-order valence-corrected chi connectivity index (χ0v) is 23.6. The second-order valence-electron chi connectivity index (χ2n) is 10.00. The van der Waals surface area contributed by atoms with Crippen molar-refractivity contribution in [2.24, 2.45) is 0 Å². The smallest absolute Gasteiger partial charge is 0.247 e. The summed E-state index contributed by atoms with van der Waals surface area (Å²) in [5, 5.41) is 2.97. The molecule has 3 aromatic rings. The second-order valence-corrected chi connectivity index (χ2v) is 11.7. The van der Waals surface area contributed by atoms with Gasteiger partial charge >= 0.3 is 0 Å². The number of hydrogen-bond acceptors (Lipinski definition) is 5. The molecule has 1 aliphatic carbocycles. The van der Waals surface area contributed by atoms with Crippen LogP contribution < -0.4 is 10.0 Å². The Labute approximate surface area is 236 Å². The van der Waals surface area contributed by atoms with Gasteiger partial charge in [-0.25, -0.2) is 13.1 Å². The van der Waals surface area contributed by atoms with E-state index in [1.54, 1.807) is 36.3 Å².